The quantitative estimate of drug-likeness (QED) is 0.802. The number of hydrogen-bond acceptors (Lipinski definition) is 3. The van der Waals surface area contributed by atoms with E-state index in [-0.39, 0.29) is 12.6 Å². The number of benzene rings is 1. The first-order valence-electron chi connectivity index (χ1n) is 6.32. The van der Waals surface area contributed by atoms with Gasteiger partial charge in [0.15, 0.2) is 0 Å². The molecule has 102 valence electrons. The Kier molecular flexibility index (Phi) is 7.30. The van der Waals surface area contributed by atoms with Gasteiger partial charge in [-0.3, -0.25) is 0 Å². The summed E-state index contributed by atoms with van der Waals surface area (Å²) in [4.78, 5) is 0. The summed E-state index contributed by atoms with van der Waals surface area (Å²) in [5.74, 6) is 1.25. The van der Waals surface area contributed by atoms with Crippen molar-refractivity contribution in [3.8, 4) is 0 Å². The van der Waals surface area contributed by atoms with Crippen LogP contribution in [0.4, 0.5) is 0 Å². The molecule has 0 fully saturated rings. The summed E-state index contributed by atoms with van der Waals surface area (Å²) in [6.45, 7) is 4.41. The third-order valence-electron chi connectivity index (χ3n) is 2.93. The first-order valence-corrected chi connectivity index (χ1v) is 8.16. The molecule has 0 spiro atoms. The molecule has 0 aliphatic heterocycles. The fourth-order valence-electron chi connectivity index (χ4n) is 1.65. The lowest BCUT2D eigenvalue weighted by Crippen LogP contribution is -2.26. The van der Waals surface area contributed by atoms with Crippen LogP contribution in [0.2, 0.25) is 0 Å². The van der Waals surface area contributed by atoms with Crippen molar-refractivity contribution in [1.82, 2.24) is 0 Å². The van der Waals surface area contributed by atoms with E-state index in [0.717, 1.165) is 16.6 Å². The topological polar surface area (TPSA) is 46.2 Å². The molecule has 0 aliphatic rings. The lowest BCUT2D eigenvalue weighted by Gasteiger charge is -2.24. The van der Waals surface area contributed by atoms with E-state index in [1.807, 2.05) is 11.8 Å². The Morgan fingerprint density at radius 2 is 1.94 bits per heavy atom. The monoisotopic (exact) mass is 331 g/mol. The van der Waals surface area contributed by atoms with E-state index >= 15 is 0 Å². The van der Waals surface area contributed by atoms with Crippen LogP contribution < -0.4 is 5.73 Å². The molecular formula is C14H22BrNOS. The number of halogens is 1. The molecule has 0 heterocycles. The molecule has 1 aromatic rings. The molecule has 1 aromatic carbocycles. The molecule has 1 rings (SSSR count). The van der Waals surface area contributed by atoms with E-state index < -0.39 is 0 Å². The van der Waals surface area contributed by atoms with Gasteiger partial charge in [0, 0.05) is 22.4 Å². The Morgan fingerprint density at radius 3 is 2.44 bits per heavy atom. The summed E-state index contributed by atoms with van der Waals surface area (Å²) in [7, 11) is 0. The zero-order valence-corrected chi connectivity index (χ0v) is 13.4. The van der Waals surface area contributed by atoms with E-state index in [2.05, 4.69) is 54.0 Å². The largest absolute Gasteiger partial charge is 0.396 e. The van der Waals surface area contributed by atoms with Crippen molar-refractivity contribution in [2.45, 2.75) is 31.6 Å². The summed E-state index contributed by atoms with van der Waals surface area (Å²) in [6.07, 6.45) is 0.960. The van der Waals surface area contributed by atoms with E-state index in [9.17, 15) is 0 Å². The Labute approximate surface area is 122 Å². The second kappa shape index (κ2) is 8.20. The minimum absolute atomic E-state index is 0.155. The first kappa shape index (κ1) is 16.0. The number of nitrogens with two attached hydrogens (primary N) is 1. The van der Waals surface area contributed by atoms with Crippen molar-refractivity contribution in [3.63, 3.8) is 0 Å². The highest BCUT2D eigenvalue weighted by atomic mass is 79.9. The predicted molar refractivity (Wildman–Crippen MR) is 83.9 cm³/mol. The van der Waals surface area contributed by atoms with Gasteiger partial charge < -0.3 is 10.8 Å². The molecule has 0 saturated heterocycles. The molecule has 0 bridgehead atoms. The maximum atomic E-state index is 9.10. The third-order valence-corrected chi connectivity index (χ3v) is 5.20. The second-order valence-corrected chi connectivity index (χ2v) is 6.76. The fraction of sp³-hybridized carbons (Fsp3) is 0.571. The van der Waals surface area contributed by atoms with E-state index in [0.29, 0.717) is 11.2 Å². The van der Waals surface area contributed by atoms with Crippen LogP contribution in [0.3, 0.4) is 0 Å². The number of rotatable bonds is 7. The minimum Gasteiger partial charge on any atom is -0.396 e. The Morgan fingerprint density at radius 1 is 1.33 bits per heavy atom. The van der Waals surface area contributed by atoms with E-state index in [1.165, 1.54) is 5.56 Å². The summed E-state index contributed by atoms with van der Waals surface area (Å²) in [5, 5.41) is 9.40. The van der Waals surface area contributed by atoms with Crippen molar-refractivity contribution in [1.29, 1.82) is 0 Å². The van der Waals surface area contributed by atoms with Gasteiger partial charge in [-0.05, 0) is 35.8 Å². The molecular weight excluding hydrogens is 310 g/mol. The molecule has 3 N–H and O–H groups in total. The van der Waals surface area contributed by atoms with Crippen LogP contribution in [-0.4, -0.2) is 23.5 Å². The molecule has 0 saturated carbocycles. The van der Waals surface area contributed by atoms with Gasteiger partial charge in [0.1, 0.15) is 0 Å². The zero-order chi connectivity index (χ0) is 13.5. The maximum Gasteiger partial charge on any atom is 0.0464 e. The van der Waals surface area contributed by atoms with Crippen LogP contribution in [0.5, 0.6) is 0 Å². The van der Waals surface area contributed by atoms with Crippen LogP contribution in [-0.2, 0) is 0 Å². The van der Waals surface area contributed by atoms with Crippen molar-refractivity contribution in [2.75, 3.05) is 12.4 Å². The van der Waals surface area contributed by atoms with Crippen LogP contribution in [0.1, 0.15) is 31.1 Å². The van der Waals surface area contributed by atoms with Crippen LogP contribution in [0, 0.1) is 5.92 Å². The van der Waals surface area contributed by atoms with Gasteiger partial charge in [0.25, 0.3) is 0 Å². The highest BCUT2D eigenvalue weighted by molar-refractivity contribution is 9.10. The predicted octanol–water partition coefficient (Wildman–Crippen LogP) is 3.59. The summed E-state index contributed by atoms with van der Waals surface area (Å²) < 4.78 is 1.09. The fourth-order valence-corrected chi connectivity index (χ4v) is 3.35. The lowest BCUT2D eigenvalue weighted by atomic mass is 10.0. The SMILES string of the molecule is CCC(N)C(SCC(C)CO)c1ccc(Br)cc1. The van der Waals surface area contributed by atoms with Crippen molar-refractivity contribution >= 4 is 27.7 Å². The molecule has 4 heteroatoms. The Bertz CT molecular complexity index is 344. The highest BCUT2D eigenvalue weighted by Crippen LogP contribution is 2.34. The van der Waals surface area contributed by atoms with Gasteiger partial charge in [0.2, 0.25) is 0 Å². The molecule has 3 atom stereocenters. The molecule has 2 nitrogen and oxygen atoms in total. The highest BCUT2D eigenvalue weighted by Gasteiger charge is 2.19. The molecule has 18 heavy (non-hydrogen) atoms. The van der Waals surface area contributed by atoms with Crippen molar-refractivity contribution in [3.05, 3.63) is 34.3 Å². The molecule has 0 amide bonds. The normalized spacial score (nSPS) is 16.3. The Balaban J connectivity index is 2.74. The van der Waals surface area contributed by atoms with Gasteiger partial charge in [-0.1, -0.05) is 41.9 Å². The van der Waals surface area contributed by atoms with Gasteiger partial charge in [-0.2, -0.15) is 11.8 Å². The standard InChI is InChI=1S/C14H22BrNOS/c1-3-13(16)14(18-9-10(2)8-17)11-4-6-12(15)7-5-11/h4-7,10,13-14,17H,3,8-9,16H2,1-2H3. The Hall–Kier alpha value is -0.0300. The van der Waals surface area contributed by atoms with Crippen molar-refractivity contribution < 1.29 is 5.11 Å². The lowest BCUT2D eigenvalue weighted by molar-refractivity contribution is 0.250. The second-order valence-electron chi connectivity index (χ2n) is 4.67. The average Bonchev–Trinajstić information content (AvgIpc) is 2.40. The maximum absolute atomic E-state index is 9.10. The summed E-state index contributed by atoms with van der Waals surface area (Å²) >= 11 is 5.30. The summed E-state index contributed by atoms with van der Waals surface area (Å²) in [6, 6.07) is 8.52. The molecule has 0 aromatic heterocycles. The van der Waals surface area contributed by atoms with Crippen molar-refractivity contribution in [2.24, 2.45) is 11.7 Å². The van der Waals surface area contributed by atoms with E-state index in [4.69, 9.17) is 10.8 Å². The summed E-state index contributed by atoms with van der Waals surface area (Å²) in [5.41, 5.74) is 7.49. The van der Waals surface area contributed by atoms with Crippen LogP contribution in [0.25, 0.3) is 0 Å². The first-order chi connectivity index (χ1) is 8.58. The van der Waals surface area contributed by atoms with Gasteiger partial charge in [0.05, 0.1) is 0 Å². The van der Waals surface area contributed by atoms with Gasteiger partial charge >= 0.3 is 0 Å². The van der Waals surface area contributed by atoms with Gasteiger partial charge in [-0.15, -0.1) is 0 Å². The number of aliphatic hydroxyl groups is 1. The van der Waals surface area contributed by atoms with E-state index in [1.54, 1.807) is 0 Å². The number of hydrogen-bond donors (Lipinski definition) is 2. The van der Waals surface area contributed by atoms with Crippen LogP contribution >= 0.6 is 27.7 Å². The number of thioether (sulfide) groups is 1. The molecule has 0 radical (unpaired) electrons. The van der Waals surface area contributed by atoms with Crippen LogP contribution in [0.15, 0.2) is 28.7 Å². The smallest absolute Gasteiger partial charge is 0.0464 e. The minimum atomic E-state index is 0.155. The molecule has 3 unspecified atom stereocenters. The van der Waals surface area contributed by atoms with Gasteiger partial charge in [-0.25, -0.2) is 0 Å². The average molecular weight is 332 g/mol. The third kappa shape index (κ3) is 4.92. The molecule has 0 aliphatic carbocycles. The zero-order valence-electron chi connectivity index (χ0n) is 11.0. The number of aliphatic hydroxyl groups excluding tert-OH is 1.